The van der Waals surface area contributed by atoms with Crippen LogP contribution in [0.25, 0.3) is 0 Å². The zero-order valence-electron chi connectivity index (χ0n) is 11.6. The normalized spacial score (nSPS) is 13.3. The maximum Gasteiger partial charge on any atom is 0.123 e. The first-order chi connectivity index (χ1) is 8.93. The maximum absolute atomic E-state index is 12.7. The molecule has 0 aliphatic heterocycles. The van der Waals surface area contributed by atoms with E-state index < -0.39 is 6.10 Å². The molecule has 0 aliphatic rings. The van der Waals surface area contributed by atoms with Crippen molar-refractivity contribution < 1.29 is 14.2 Å². The van der Waals surface area contributed by atoms with Gasteiger partial charge in [-0.25, -0.2) is 4.39 Å². The highest BCUT2D eigenvalue weighted by atomic mass is 32.2. The van der Waals surface area contributed by atoms with Crippen LogP contribution < -0.4 is 10.1 Å². The molecule has 0 spiro atoms. The van der Waals surface area contributed by atoms with Gasteiger partial charge < -0.3 is 15.2 Å². The highest BCUT2D eigenvalue weighted by Gasteiger charge is 2.15. The average molecular weight is 287 g/mol. The standard InChI is InChI=1S/C14H22FNO2S/c1-14(2,19-3)10-16-8-12(17)9-18-13-6-4-11(15)5-7-13/h4-7,12,16-17H,8-10H2,1-3H3. The van der Waals surface area contributed by atoms with E-state index in [4.69, 9.17) is 4.74 Å². The monoisotopic (exact) mass is 287 g/mol. The summed E-state index contributed by atoms with van der Waals surface area (Å²) in [6.07, 6.45) is 1.48. The van der Waals surface area contributed by atoms with Gasteiger partial charge in [-0.05, 0) is 44.4 Å². The summed E-state index contributed by atoms with van der Waals surface area (Å²) in [6.45, 7) is 5.78. The van der Waals surface area contributed by atoms with Crippen molar-refractivity contribution in [3.63, 3.8) is 0 Å². The zero-order chi connectivity index (χ0) is 14.3. The number of hydrogen-bond donors (Lipinski definition) is 2. The second-order valence-electron chi connectivity index (χ2n) is 5.01. The molecule has 0 bridgehead atoms. The van der Waals surface area contributed by atoms with Crippen molar-refractivity contribution in [1.29, 1.82) is 0 Å². The molecule has 1 atom stereocenters. The van der Waals surface area contributed by atoms with Gasteiger partial charge in [-0.15, -0.1) is 0 Å². The first-order valence-corrected chi connectivity index (χ1v) is 7.48. The van der Waals surface area contributed by atoms with E-state index >= 15 is 0 Å². The molecular formula is C14H22FNO2S. The molecule has 0 amide bonds. The third-order valence-electron chi connectivity index (χ3n) is 2.74. The van der Waals surface area contributed by atoms with E-state index in [2.05, 4.69) is 25.4 Å². The lowest BCUT2D eigenvalue weighted by Crippen LogP contribution is -2.38. The van der Waals surface area contributed by atoms with E-state index in [1.165, 1.54) is 12.1 Å². The van der Waals surface area contributed by atoms with Crippen molar-refractivity contribution in [2.75, 3.05) is 26.0 Å². The summed E-state index contributed by atoms with van der Waals surface area (Å²) in [4.78, 5) is 0. The van der Waals surface area contributed by atoms with Crippen molar-refractivity contribution in [1.82, 2.24) is 5.32 Å². The molecule has 19 heavy (non-hydrogen) atoms. The molecule has 0 saturated carbocycles. The number of aliphatic hydroxyl groups is 1. The van der Waals surface area contributed by atoms with Gasteiger partial charge in [-0.2, -0.15) is 11.8 Å². The fourth-order valence-corrected chi connectivity index (χ4v) is 1.64. The summed E-state index contributed by atoms with van der Waals surface area (Å²) in [5.74, 6) is 0.263. The third kappa shape index (κ3) is 6.80. The highest BCUT2D eigenvalue weighted by Crippen LogP contribution is 2.19. The van der Waals surface area contributed by atoms with Crippen molar-refractivity contribution in [2.24, 2.45) is 0 Å². The molecule has 0 radical (unpaired) electrons. The number of hydrogen-bond acceptors (Lipinski definition) is 4. The van der Waals surface area contributed by atoms with Crippen LogP contribution >= 0.6 is 11.8 Å². The van der Waals surface area contributed by atoms with Crippen LogP contribution in [-0.4, -0.2) is 41.9 Å². The van der Waals surface area contributed by atoms with Gasteiger partial charge in [0.1, 0.15) is 24.3 Å². The van der Waals surface area contributed by atoms with Crippen LogP contribution in [0.15, 0.2) is 24.3 Å². The minimum Gasteiger partial charge on any atom is -0.491 e. The minimum absolute atomic E-state index is 0.150. The fraction of sp³-hybridized carbons (Fsp3) is 0.571. The lowest BCUT2D eigenvalue weighted by molar-refractivity contribution is 0.106. The van der Waals surface area contributed by atoms with Crippen molar-refractivity contribution in [3.05, 3.63) is 30.1 Å². The first kappa shape index (κ1) is 16.3. The van der Waals surface area contributed by atoms with E-state index in [1.807, 2.05) is 0 Å². The van der Waals surface area contributed by atoms with Crippen molar-refractivity contribution in [3.8, 4) is 5.75 Å². The molecule has 1 rings (SSSR count). The van der Waals surface area contributed by atoms with Gasteiger partial charge in [-0.3, -0.25) is 0 Å². The number of halogens is 1. The molecule has 108 valence electrons. The largest absolute Gasteiger partial charge is 0.491 e. The van der Waals surface area contributed by atoms with Gasteiger partial charge in [0.25, 0.3) is 0 Å². The molecule has 0 saturated heterocycles. The number of aliphatic hydroxyl groups excluding tert-OH is 1. The second kappa shape index (κ2) is 7.72. The van der Waals surface area contributed by atoms with Gasteiger partial charge in [0, 0.05) is 17.8 Å². The van der Waals surface area contributed by atoms with Crippen LogP contribution in [-0.2, 0) is 0 Å². The summed E-state index contributed by atoms with van der Waals surface area (Å²) in [7, 11) is 0. The minimum atomic E-state index is -0.581. The van der Waals surface area contributed by atoms with E-state index in [1.54, 1.807) is 23.9 Å². The van der Waals surface area contributed by atoms with Crippen LogP contribution in [0.5, 0.6) is 5.75 Å². The molecule has 2 N–H and O–H groups in total. The van der Waals surface area contributed by atoms with E-state index in [-0.39, 0.29) is 17.2 Å². The quantitative estimate of drug-likeness (QED) is 0.770. The number of rotatable bonds is 8. The number of nitrogens with one attached hydrogen (secondary N) is 1. The Balaban J connectivity index is 2.21. The van der Waals surface area contributed by atoms with Crippen LogP contribution in [0, 0.1) is 5.82 Å². The lowest BCUT2D eigenvalue weighted by atomic mass is 10.2. The van der Waals surface area contributed by atoms with Crippen LogP contribution in [0.3, 0.4) is 0 Å². The number of thioether (sulfide) groups is 1. The summed E-state index contributed by atoms with van der Waals surface area (Å²) >= 11 is 1.78. The van der Waals surface area contributed by atoms with Gasteiger partial charge in [0.05, 0.1) is 0 Å². The molecule has 0 aromatic heterocycles. The Labute approximate surface area is 118 Å². The molecule has 0 fully saturated rings. The Bertz CT molecular complexity index is 370. The first-order valence-electron chi connectivity index (χ1n) is 6.25. The predicted molar refractivity (Wildman–Crippen MR) is 78.4 cm³/mol. The highest BCUT2D eigenvalue weighted by molar-refractivity contribution is 7.99. The Hall–Kier alpha value is -0.780. The van der Waals surface area contributed by atoms with Crippen LogP contribution in [0.4, 0.5) is 4.39 Å². The molecule has 1 aromatic rings. The fourth-order valence-electron chi connectivity index (χ4n) is 1.39. The smallest absolute Gasteiger partial charge is 0.123 e. The Morgan fingerprint density at radius 1 is 1.37 bits per heavy atom. The molecule has 0 aliphatic carbocycles. The lowest BCUT2D eigenvalue weighted by Gasteiger charge is -2.23. The molecule has 3 nitrogen and oxygen atoms in total. The van der Waals surface area contributed by atoms with Gasteiger partial charge >= 0.3 is 0 Å². The predicted octanol–water partition coefficient (Wildman–Crippen LogP) is 2.30. The summed E-state index contributed by atoms with van der Waals surface area (Å²) < 4.78 is 18.2. The van der Waals surface area contributed by atoms with Gasteiger partial charge in [-0.1, -0.05) is 0 Å². The SMILES string of the molecule is CSC(C)(C)CNCC(O)COc1ccc(F)cc1. The van der Waals surface area contributed by atoms with E-state index in [0.29, 0.717) is 12.3 Å². The average Bonchev–Trinajstić information content (AvgIpc) is 2.38. The Kier molecular flexibility index (Phi) is 6.62. The maximum atomic E-state index is 12.7. The van der Waals surface area contributed by atoms with Crippen LogP contribution in [0.1, 0.15) is 13.8 Å². The topological polar surface area (TPSA) is 41.5 Å². The summed E-state index contributed by atoms with van der Waals surface area (Å²) in [5, 5.41) is 13.0. The summed E-state index contributed by atoms with van der Waals surface area (Å²) in [6, 6.07) is 5.76. The Morgan fingerprint density at radius 2 is 2.00 bits per heavy atom. The Morgan fingerprint density at radius 3 is 2.58 bits per heavy atom. The summed E-state index contributed by atoms with van der Waals surface area (Å²) in [5.41, 5.74) is 0. The number of benzene rings is 1. The molecular weight excluding hydrogens is 265 g/mol. The third-order valence-corrected chi connectivity index (χ3v) is 3.99. The molecule has 1 aromatic carbocycles. The van der Waals surface area contributed by atoms with Crippen molar-refractivity contribution >= 4 is 11.8 Å². The molecule has 5 heteroatoms. The number of ether oxygens (including phenoxy) is 1. The zero-order valence-corrected chi connectivity index (χ0v) is 12.5. The van der Waals surface area contributed by atoms with Crippen molar-refractivity contribution in [2.45, 2.75) is 24.7 Å². The van der Waals surface area contributed by atoms with E-state index in [9.17, 15) is 9.50 Å². The second-order valence-corrected chi connectivity index (χ2v) is 6.53. The van der Waals surface area contributed by atoms with Crippen LogP contribution in [0.2, 0.25) is 0 Å². The van der Waals surface area contributed by atoms with E-state index in [0.717, 1.165) is 6.54 Å². The van der Waals surface area contributed by atoms with Gasteiger partial charge in [0.2, 0.25) is 0 Å². The molecule has 1 unspecified atom stereocenters. The van der Waals surface area contributed by atoms with Gasteiger partial charge in [0.15, 0.2) is 0 Å². The molecule has 0 heterocycles.